The average Bonchev–Trinajstić information content (AvgIpc) is 2.36. The Bertz CT molecular complexity index is 612. The van der Waals surface area contributed by atoms with E-state index in [4.69, 9.17) is 0 Å². The Hall–Kier alpha value is -2.17. The van der Waals surface area contributed by atoms with E-state index in [-0.39, 0.29) is 11.1 Å². The molecule has 2 nitrogen and oxygen atoms in total. The summed E-state index contributed by atoms with van der Waals surface area (Å²) >= 11 is 0. The number of hydrogen-bond donors (Lipinski definition) is 2. The van der Waals surface area contributed by atoms with Gasteiger partial charge in [0.1, 0.15) is 17.4 Å². The number of aromatic hydroxyl groups is 2. The van der Waals surface area contributed by atoms with Gasteiger partial charge < -0.3 is 10.2 Å². The van der Waals surface area contributed by atoms with E-state index >= 15 is 0 Å². The molecule has 2 rings (SSSR count). The Morgan fingerprint density at radius 1 is 0.810 bits per heavy atom. The highest BCUT2D eigenvalue weighted by Crippen LogP contribution is 2.46. The van der Waals surface area contributed by atoms with Crippen LogP contribution in [0.25, 0.3) is 0 Å². The first-order valence-corrected chi connectivity index (χ1v) is 6.36. The number of aryl methyl sites for hydroxylation is 2. The average molecular weight is 296 g/mol. The third kappa shape index (κ3) is 3.12. The van der Waals surface area contributed by atoms with Crippen LogP contribution in [-0.4, -0.2) is 16.4 Å². The highest BCUT2D eigenvalue weighted by Gasteiger charge is 2.44. The molecule has 0 bridgehead atoms. The molecule has 0 fully saturated rings. The van der Waals surface area contributed by atoms with Crippen molar-refractivity contribution in [3.8, 4) is 11.5 Å². The van der Waals surface area contributed by atoms with Gasteiger partial charge in [0.05, 0.1) is 0 Å². The van der Waals surface area contributed by atoms with E-state index in [1.807, 2.05) is 0 Å². The molecule has 0 unspecified atom stereocenters. The van der Waals surface area contributed by atoms with Crippen LogP contribution in [0.4, 0.5) is 13.2 Å². The van der Waals surface area contributed by atoms with Gasteiger partial charge in [0, 0.05) is 11.1 Å². The second-order valence-corrected chi connectivity index (χ2v) is 5.10. The molecule has 21 heavy (non-hydrogen) atoms. The number of alkyl halides is 3. The van der Waals surface area contributed by atoms with Crippen LogP contribution in [0.2, 0.25) is 0 Å². The smallest absolute Gasteiger partial charge is 0.399 e. The number of phenolic OH excluding ortho intramolecular Hbond substituents is 2. The molecule has 0 amide bonds. The third-order valence-electron chi connectivity index (χ3n) is 3.32. The molecule has 0 saturated heterocycles. The first kappa shape index (κ1) is 15.2. The molecule has 0 atom stereocenters. The Morgan fingerprint density at radius 3 is 1.52 bits per heavy atom. The largest absolute Gasteiger partial charge is 0.508 e. The first-order valence-electron chi connectivity index (χ1n) is 6.36. The molecule has 112 valence electrons. The maximum absolute atomic E-state index is 13.5. The third-order valence-corrected chi connectivity index (χ3v) is 3.32. The van der Waals surface area contributed by atoms with E-state index in [9.17, 15) is 23.4 Å². The van der Waals surface area contributed by atoms with Crippen LogP contribution in [0.15, 0.2) is 36.4 Å². The van der Waals surface area contributed by atoms with Gasteiger partial charge in [0.15, 0.2) is 0 Å². The van der Waals surface area contributed by atoms with E-state index < -0.39 is 23.6 Å². The van der Waals surface area contributed by atoms with Gasteiger partial charge in [0.2, 0.25) is 0 Å². The van der Waals surface area contributed by atoms with Crippen LogP contribution in [-0.2, 0) is 0 Å². The van der Waals surface area contributed by atoms with Gasteiger partial charge in [-0.2, -0.15) is 13.2 Å². The maximum atomic E-state index is 13.5. The van der Waals surface area contributed by atoms with Crippen molar-refractivity contribution in [1.29, 1.82) is 0 Å². The van der Waals surface area contributed by atoms with Crippen molar-refractivity contribution in [3.05, 3.63) is 58.7 Å². The van der Waals surface area contributed by atoms with Gasteiger partial charge in [-0.05, 0) is 26.0 Å². The monoisotopic (exact) mass is 296 g/mol. The van der Waals surface area contributed by atoms with Crippen molar-refractivity contribution >= 4 is 0 Å². The highest BCUT2D eigenvalue weighted by atomic mass is 19.4. The minimum absolute atomic E-state index is 0.261. The standard InChI is InChI=1S/C16H15F3O2/c1-9-3-5-13(20)11(7-9)15(16(17,18)19)12-8-10(2)4-6-14(12)21/h3-8,15,20-21H,1-2H3. The molecule has 0 radical (unpaired) electrons. The minimum atomic E-state index is -4.63. The van der Waals surface area contributed by atoms with E-state index in [1.165, 1.54) is 36.4 Å². The second-order valence-electron chi connectivity index (χ2n) is 5.10. The molecular weight excluding hydrogens is 281 g/mol. The number of rotatable bonds is 2. The van der Waals surface area contributed by atoms with Gasteiger partial charge in [-0.1, -0.05) is 35.4 Å². The molecule has 2 aromatic carbocycles. The first-order chi connectivity index (χ1) is 9.70. The molecule has 0 saturated carbocycles. The van der Waals surface area contributed by atoms with Gasteiger partial charge >= 0.3 is 6.18 Å². The Balaban J connectivity index is 2.70. The summed E-state index contributed by atoms with van der Waals surface area (Å²) < 4.78 is 40.5. The fourth-order valence-electron chi connectivity index (χ4n) is 2.33. The highest BCUT2D eigenvalue weighted by molar-refractivity contribution is 5.49. The Kier molecular flexibility index (Phi) is 3.85. The molecule has 5 heteroatoms. The number of halogens is 3. The molecule has 2 aromatic rings. The molecule has 0 spiro atoms. The lowest BCUT2D eigenvalue weighted by Crippen LogP contribution is -2.22. The molecule has 0 aromatic heterocycles. The van der Waals surface area contributed by atoms with Crippen LogP contribution in [0.5, 0.6) is 11.5 Å². The summed E-state index contributed by atoms with van der Waals surface area (Å²) in [6.07, 6.45) is -4.63. The van der Waals surface area contributed by atoms with Crippen LogP contribution >= 0.6 is 0 Å². The Labute approximate surface area is 120 Å². The molecular formula is C16H15F3O2. The summed E-state index contributed by atoms with van der Waals surface area (Å²) in [5.74, 6) is -2.95. The summed E-state index contributed by atoms with van der Waals surface area (Å²) in [7, 11) is 0. The Morgan fingerprint density at radius 2 is 1.19 bits per heavy atom. The van der Waals surface area contributed by atoms with Crippen molar-refractivity contribution in [2.75, 3.05) is 0 Å². The van der Waals surface area contributed by atoms with Gasteiger partial charge in [-0.15, -0.1) is 0 Å². The number of phenols is 2. The molecule has 0 aliphatic rings. The molecule has 0 aliphatic heterocycles. The molecule has 2 N–H and O–H groups in total. The minimum Gasteiger partial charge on any atom is -0.508 e. The van der Waals surface area contributed by atoms with Gasteiger partial charge in [-0.3, -0.25) is 0 Å². The molecule has 0 aliphatic carbocycles. The van der Waals surface area contributed by atoms with E-state index in [0.29, 0.717) is 11.1 Å². The summed E-state index contributed by atoms with van der Waals surface area (Å²) in [5, 5.41) is 19.6. The van der Waals surface area contributed by atoms with Gasteiger partial charge in [0.25, 0.3) is 0 Å². The van der Waals surface area contributed by atoms with Crippen LogP contribution < -0.4 is 0 Å². The van der Waals surface area contributed by atoms with Crippen LogP contribution in [0.1, 0.15) is 28.2 Å². The fraction of sp³-hybridized carbons (Fsp3) is 0.250. The van der Waals surface area contributed by atoms with Crippen molar-refractivity contribution in [2.45, 2.75) is 25.9 Å². The van der Waals surface area contributed by atoms with E-state index in [2.05, 4.69) is 0 Å². The zero-order valence-electron chi connectivity index (χ0n) is 11.6. The van der Waals surface area contributed by atoms with Crippen LogP contribution in [0.3, 0.4) is 0 Å². The normalized spacial score (nSPS) is 11.9. The lowest BCUT2D eigenvalue weighted by atomic mass is 9.87. The predicted octanol–water partition coefficient (Wildman–Crippen LogP) is 4.41. The molecule has 0 heterocycles. The van der Waals surface area contributed by atoms with E-state index in [0.717, 1.165) is 0 Å². The zero-order chi connectivity index (χ0) is 15.8. The SMILES string of the molecule is Cc1ccc(O)c(C(c2cc(C)ccc2O)C(F)(F)F)c1. The lowest BCUT2D eigenvalue weighted by molar-refractivity contribution is -0.141. The summed E-state index contributed by atoms with van der Waals surface area (Å²) in [4.78, 5) is 0. The lowest BCUT2D eigenvalue weighted by Gasteiger charge is -2.23. The zero-order valence-corrected chi connectivity index (χ0v) is 11.6. The van der Waals surface area contributed by atoms with Crippen molar-refractivity contribution < 1.29 is 23.4 Å². The van der Waals surface area contributed by atoms with Crippen molar-refractivity contribution in [2.24, 2.45) is 0 Å². The second kappa shape index (κ2) is 5.31. The van der Waals surface area contributed by atoms with E-state index in [1.54, 1.807) is 13.8 Å². The predicted molar refractivity (Wildman–Crippen MR) is 73.6 cm³/mol. The topological polar surface area (TPSA) is 40.5 Å². The number of benzene rings is 2. The summed E-state index contributed by atoms with van der Waals surface area (Å²) in [6, 6.07) is 8.10. The van der Waals surface area contributed by atoms with Crippen LogP contribution in [0, 0.1) is 13.8 Å². The quantitative estimate of drug-likeness (QED) is 0.862. The van der Waals surface area contributed by atoms with Crippen molar-refractivity contribution in [3.63, 3.8) is 0 Å². The number of hydrogen-bond acceptors (Lipinski definition) is 2. The summed E-state index contributed by atoms with van der Waals surface area (Å²) in [6.45, 7) is 3.29. The maximum Gasteiger partial charge on any atom is 0.399 e. The van der Waals surface area contributed by atoms with Gasteiger partial charge in [-0.25, -0.2) is 0 Å². The fourth-order valence-corrected chi connectivity index (χ4v) is 2.33. The van der Waals surface area contributed by atoms with Crippen molar-refractivity contribution in [1.82, 2.24) is 0 Å². The summed E-state index contributed by atoms with van der Waals surface area (Å²) in [5.41, 5.74) is 0.681.